The summed E-state index contributed by atoms with van der Waals surface area (Å²) in [6.07, 6.45) is 4.58. The third-order valence-electron chi connectivity index (χ3n) is 5.19. The number of carbonyl (C=O) groups is 1. The van der Waals surface area contributed by atoms with Gasteiger partial charge >= 0.3 is 0 Å². The van der Waals surface area contributed by atoms with Gasteiger partial charge in [-0.3, -0.25) is 9.78 Å². The lowest BCUT2D eigenvalue weighted by molar-refractivity contribution is 0.0636. The minimum Gasteiger partial charge on any atom is -0.329 e. The first-order valence-electron chi connectivity index (χ1n) is 9.21. The van der Waals surface area contributed by atoms with Crippen LogP contribution in [0.2, 0.25) is 0 Å². The lowest BCUT2D eigenvalue weighted by Gasteiger charge is -2.37. The van der Waals surface area contributed by atoms with Gasteiger partial charge in [-0.2, -0.15) is 0 Å². The summed E-state index contributed by atoms with van der Waals surface area (Å²) in [6, 6.07) is 16.5. The van der Waals surface area contributed by atoms with Gasteiger partial charge in [-0.15, -0.1) is 0 Å². The number of carbonyl (C=O) groups excluding carboxylic acids is 1. The Balaban J connectivity index is 1.70. The average molecular weight is 345 g/mol. The molecule has 1 aromatic heterocycles. The summed E-state index contributed by atoms with van der Waals surface area (Å²) in [5, 5.41) is 5.39. The Labute approximate surface area is 153 Å². The lowest BCUT2D eigenvalue weighted by Crippen LogP contribution is -2.48. The molecule has 4 nitrogen and oxygen atoms in total. The van der Waals surface area contributed by atoms with Gasteiger partial charge < -0.3 is 10.2 Å². The highest BCUT2D eigenvalue weighted by Gasteiger charge is 2.29. The number of amides is 1. The van der Waals surface area contributed by atoms with E-state index >= 15 is 0 Å². The van der Waals surface area contributed by atoms with Gasteiger partial charge in [0.2, 0.25) is 0 Å². The summed E-state index contributed by atoms with van der Waals surface area (Å²) in [7, 11) is 0. The third-order valence-corrected chi connectivity index (χ3v) is 5.19. The van der Waals surface area contributed by atoms with E-state index in [9.17, 15) is 4.79 Å². The molecule has 4 heteroatoms. The Morgan fingerprint density at radius 1 is 1.19 bits per heavy atom. The molecule has 1 fully saturated rings. The molecule has 1 saturated heterocycles. The van der Waals surface area contributed by atoms with Crippen LogP contribution in [0.15, 0.2) is 60.9 Å². The number of aromatic nitrogens is 1. The number of pyridine rings is 1. The standard InChI is InChI=1S/C22H23N3O/c1-2-16-6-8-17(9-7-16)21-15-24-12-13-25(21)22(26)20-5-3-4-18-14-23-11-10-19(18)20/h3-11,14,21,24H,2,12-13,15H2,1H3. The Morgan fingerprint density at radius 2 is 2.04 bits per heavy atom. The van der Waals surface area contributed by atoms with E-state index in [1.807, 2.05) is 35.4 Å². The molecule has 0 saturated carbocycles. The van der Waals surface area contributed by atoms with Gasteiger partial charge in [-0.1, -0.05) is 43.3 Å². The van der Waals surface area contributed by atoms with Crippen LogP contribution in [-0.2, 0) is 6.42 Å². The van der Waals surface area contributed by atoms with Crippen molar-refractivity contribution in [3.8, 4) is 0 Å². The fraction of sp³-hybridized carbons (Fsp3) is 0.273. The fourth-order valence-electron chi connectivity index (χ4n) is 3.68. The zero-order chi connectivity index (χ0) is 17.9. The smallest absolute Gasteiger partial charge is 0.255 e. The second kappa shape index (κ2) is 7.26. The van der Waals surface area contributed by atoms with Crippen molar-refractivity contribution in [3.05, 3.63) is 77.6 Å². The van der Waals surface area contributed by atoms with Crippen LogP contribution >= 0.6 is 0 Å². The summed E-state index contributed by atoms with van der Waals surface area (Å²) in [5.74, 6) is 0.0906. The van der Waals surface area contributed by atoms with E-state index in [1.54, 1.807) is 6.20 Å². The number of hydrogen-bond donors (Lipinski definition) is 1. The second-order valence-corrected chi connectivity index (χ2v) is 6.72. The summed E-state index contributed by atoms with van der Waals surface area (Å²) in [5.41, 5.74) is 3.25. The first-order valence-corrected chi connectivity index (χ1v) is 9.21. The monoisotopic (exact) mass is 345 g/mol. The normalized spacial score (nSPS) is 17.4. The van der Waals surface area contributed by atoms with E-state index < -0.39 is 0 Å². The summed E-state index contributed by atoms with van der Waals surface area (Å²) >= 11 is 0. The van der Waals surface area contributed by atoms with Crippen LogP contribution in [0, 0.1) is 0 Å². The second-order valence-electron chi connectivity index (χ2n) is 6.72. The highest BCUT2D eigenvalue weighted by Crippen LogP contribution is 2.27. The molecule has 0 bridgehead atoms. The van der Waals surface area contributed by atoms with Crippen LogP contribution in [-0.4, -0.2) is 35.4 Å². The van der Waals surface area contributed by atoms with Gasteiger partial charge in [0.25, 0.3) is 5.91 Å². The van der Waals surface area contributed by atoms with E-state index in [4.69, 9.17) is 0 Å². The summed E-state index contributed by atoms with van der Waals surface area (Å²) in [4.78, 5) is 19.6. The molecule has 1 atom stereocenters. The van der Waals surface area contributed by atoms with Crippen molar-refractivity contribution in [1.82, 2.24) is 15.2 Å². The van der Waals surface area contributed by atoms with Gasteiger partial charge in [-0.25, -0.2) is 0 Å². The first kappa shape index (κ1) is 16.7. The fourth-order valence-corrected chi connectivity index (χ4v) is 3.68. The number of fused-ring (bicyclic) bond motifs is 1. The van der Waals surface area contributed by atoms with Gasteiger partial charge in [0.05, 0.1) is 6.04 Å². The minimum absolute atomic E-state index is 0.0549. The maximum Gasteiger partial charge on any atom is 0.255 e. The first-order chi connectivity index (χ1) is 12.8. The molecule has 1 amide bonds. The van der Waals surface area contributed by atoms with E-state index in [0.29, 0.717) is 6.54 Å². The van der Waals surface area contributed by atoms with Gasteiger partial charge in [0, 0.05) is 43.0 Å². The Bertz CT molecular complexity index is 915. The third kappa shape index (κ3) is 3.08. The quantitative estimate of drug-likeness (QED) is 0.789. The van der Waals surface area contributed by atoms with Crippen molar-refractivity contribution in [2.75, 3.05) is 19.6 Å². The molecule has 1 unspecified atom stereocenters. The molecule has 2 heterocycles. The molecule has 0 aliphatic carbocycles. The lowest BCUT2D eigenvalue weighted by atomic mass is 9.99. The van der Waals surface area contributed by atoms with Gasteiger partial charge in [0.1, 0.15) is 0 Å². The highest BCUT2D eigenvalue weighted by atomic mass is 16.2. The van der Waals surface area contributed by atoms with Crippen LogP contribution < -0.4 is 5.32 Å². The Kier molecular flexibility index (Phi) is 4.67. The molecule has 0 spiro atoms. The maximum atomic E-state index is 13.4. The largest absolute Gasteiger partial charge is 0.329 e. The number of nitrogens with one attached hydrogen (secondary N) is 1. The van der Waals surface area contributed by atoms with Gasteiger partial charge in [-0.05, 0) is 35.1 Å². The van der Waals surface area contributed by atoms with Crippen molar-refractivity contribution < 1.29 is 4.79 Å². The molecule has 3 aromatic rings. The summed E-state index contributed by atoms with van der Waals surface area (Å²) in [6.45, 7) is 4.47. The molecular weight excluding hydrogens is 322 g/mol. The van der Waals surface area contributed by atoms with E-state index in [2.05, 4.69) is 41.5 Å². The number of piperazine rings is 1. The van der Waals surface area contributed by atoms with Crippen LogP contribution in [0.1, 0.15) is 34.5 Å². The Morgan fingerprint density at radius 3 is 2.85 bits per heavy atom. The maximum absolute atomic E-state index is 13.4. The molecule has 1 N–H and O–H groups in total. The molecule has 1 aliphatic rings. The molecule has 132 valence electrons. The molecule has 0 radical (unpaired) electrons. The van der Waals surface area contributed by atoms with Crippen LogP contribution in [0.3, 0.4) is 0 Å². The molecule has 2 aromatic carbocycles. The number of nitrogens with zero attached hydrogens (tertiary/aromatic N) is 2. The zero-order valence-electron chi connectivity index (χ0n) is 15.0. The Hall–Kier alpha value is -2.72. The zero-order valence-corrected chi connectivity index (χ0v) is 15.0. The number of hydrogen-bond acceptors (Lipinski definition) is 3. The molecule has 1 aliphatic heterocycles. The van der Waals surface area contributed by atoms with Crippen molar-refractivity contribution in [2.45, 2.75) is 19.4 Å². The van der Waals surface area contributed by atoms with Crippen LogP contribution in [0.25, 0.3) is 10.8 Å². The number of aryl methyl sites for hydroxylation is 1. The van der Waals surface area contributed by atoms with Crippen LogP contribution in [0.5, 0.6) is 0 Å². The van der Waals surface area contributed by atoms with Crippen molar-refractivity contribution in [1.29, 1.82) is 0 Å². The van der Waals surface area contributed by atoms with Crippen LogP contribution in [0.4, 0.5) is 0 Å². The molecule has 26 heavy (non-hydrogen) atoms. The van der Waals surface area contributed by atoms with Crippen molar-refractivity contribution >= 4 is 16.7 Å². The predicted octanol–water partition coefficient (Wildman–Crippen LogP) is 3.58. The predicted molar refractivity (Wildman–Crippen MR) is 104 cm³/mol. The topological polar surface area (TPSA) is 45.2 Å². The summed E-state index contributed by atoms with van der Waals surface area (Å²) < 4.78 is 0. The SMILES string of the molecule is CCc1ccc(C2CNCCN2C(=O)c2cccc3cnccc23)cc1. The van der Waals surface area contributed by atoms with E-state index in [0.717, 1.165) is 35.8 Å². The van der Waals surface area contributed by atoms with Crippen molar-refractivity contribution in [3.63, 3.8) is 0 Å². The number of rotatable bonds is 3. The van der Waals surface area contributed by atoms with Gasteiger partial charge in [0.15, 0.2) is 0 Å². The van der Waals surface area contributed by atoms with Crippen molar-refractivity contribution in [2.24, 2.45) is 0 Å². The average Bonchev–Trinajstić information content (AvgIpc) is 2.73. The van der Waals surface area contributed by atoms with E-state index in [1.165, 1.54) is 11.1 Å². The highest BCUT2D eigenvalue weighted by molar-refractivity contribution is 6.07. The molecular formula is C22H23N3O. The van der Waals surface area contributed by atoms with E-state index in [-0.39, 0.29) is 11.9 Å². The molecule has 4 rings (SSSR count). The number of benzene rings is 2. The minimum atomic E-state index is 0.0549.